The van der Waals surface area contributed by atoms with E-state index in [9.17, 15) is 13.6 Å². The molecule has 0 saturated carbocycles. The molecule has 0 aliphatic carbocycles. The lowest BCUT2D eigenvalue weighted by Gasteiger charge is -2.32. The van der Waals surface area contributed by atoms with Crippen molar-refractivity contribution in [3.8, 4) is 5.82 Å². The summed E-state index contributed by atoms with van der Waals surface area (Å²) >= 11 is 0. The van der Waals surface area contributed by atoms with Gasteiger partial charge in [-0.1, -0.05) is 0 Å². The van der Waals surface area contributed by atoms with Crippen molar-refractivity contribution >= 4 is 17.4 Å². The molecule has 0 radical (unpaired) electrons. The zero-order chi connectivity index (χ0) is 19.5. The fourth-order valence-electron chi connectivity index (χ4n) is 3.24. The predicted molar refractivity (Wildman–Crippen MR) is 99.1 cm³/mol. The van der Waals surface area contributed by atoms with E-state index in [-0.39, 0.29) is 17.5 Å². The van der Waals surface area contributed by atoms with Crippen molar-refractivity contribution in [1.29, 1.82) is 0 Å². The maximum absolute atomic E-state index is 13.8. The van der Waals surface area contributed by atoms with Crippen LogP contribution in [0.15, 0.2) is 49.1 Å². The molecule has 3 heterocycles. The van der Waals surface area contributed by atoms with Gasteiger partial charge in [0.15, 0.2) is 11.6 Å². The molecule has 1 amide bonds. The zero-order valence-electron chi connectivity index (χ0n) is 14.9. The van der Waals surface area contributed by atoms with Gasteiger partial charge in [0.05, 0.1) is 11.6 Å². The van der Waals surface area contributed by atoms with E-state index in [1.807, 2.05) is 17.0 Å². The summed E-state index contributed by atoms with van der Waals surface area (Å²) in [4.78, 5) is 18.5. The van der Waals surface area contributed by atoms with E-state index in [0.29, 0.717) is 24.6 Å². The largest absolute Gasteiger partial charge is 0.354 e. The summed E-state index contributed by atoms with van der Waals surface area (Å²) in [6, 6.07) is 6.77. The van der Waals surface area contributed by atoms with E-state index in [0.717, 1.165) is 25.1 Å². The number of carbonyl (C=O) groups is 1. The molecule has 4 rings (SSSR count). The smallest absolute Gasteiger partial charge is 0.229 e. The third kappa shape index (κ3) is 3.83. The summed E-state index contributed by atoms with van der Waals surface area (Å²) in [6.45, 7) is 1.21. The standard InChI is InChI=1S/C19H18F2N6O/c20-14-3-4-16(15(21)10-14)23-19(28)13-2-1-8-26(11-13)17-5-6-18(25-24-17)27-9-7-22-12-27/h3-7,9-10,12-13H,1-2,8,11H2,(H,23,28)/t13-/m0/s1. The van der Waals surface area contributed by atoms with Crippen LogP contribution in [0.1, 0.15) is 12.8 Å². The topological polar surface area (TPSA) is 75.9 Å². The van der Waals surface area contributed by atoms with Crippen LogP contribution >= 0.6 is 0 Å². The van der Waals surface area contributed by atoms with Gasteiger partial charge < -0.3 is 10.2 Å². The average molecular weight is 384 g/mol. The summed E-state index contributed by atoms with van der Waals surface area (Å²) in [7, 11) is 0. The van der Waals surface area contributed by atoms with Crippen LogP contribution in [0, 0.1) is 17.6 Å². The summed E-state index contributed by atoms with van der Waals surface area (Å²) in [5.41, 5.74) is -0.0204. The van der Waals surface area contributed by atoms with Crippen molar-refractivity contribution < 1.29 is 13.6 Å². The molecule has 1 atom stereocenters. The third-order valence-corrected chi connectivity index (χ3v) is 4.71. The number of aromatic nitrogens is 4. The maximum atomic E-state index is 13.8. The first-order chi connectivity index (χ1) is 13.6. The Morgan fingerprint density at radius 3 is 2.68 bits per heavy atom. The van der Waals surface area contributed by atoms with Gasteiger partial charge in [-0.15, -0.1) is 10.2 Å². The molecule has 1 fully saturated rings. The number of rotatable bonds is 4. The van der Waals surface area contributed by atoms with Crippen LogP contribution in [0.2, 0.25) is 0 Å². The number of carbonyl (C=O) groups excluding carboxylic acids is 1. The highest BCUT2D eigenvalue weighted by atomic mass is 19.1. The molecule has 0 spiro atoms. The zero-order valence-corrected chi connectivity index (χ0v) is 14.9. The van der Waals surface area contributed by atoms with E-state index in [1.165, 1.54) is 6.07 Å². The first kappa shape index (κ1) is 18.0. The molecule has 1 aliphatic rings. The molecule has 0 unspecified atom stereocenters. The highest BCUT2D eigenvalue weighted by Gasteiger charge is 2.27. The molecule has 28 heavy (non-hydrogen) atoms. The molecular weight excluding hydrogens is 366 g/mol. The van der Waals surface area contributed by atoms with E-state index >= 15 is 0 Å². The van der Waals surface area contributed by atoms with Crippen LogP contribution < -0.4 is 10.2 Å². The second-order valence-corrected chi connectivity index (χ2v) is 6.62. The quantitative estimate of drug-likeness (QED) is 0.749. The lowest BCUT2D eigenvalue weighted by Crippen LogP contribution is -2.41. The lowest BCUT2D eigenvalue weighted by atomic mass is 9.97. The van der Waals surface area contributed by atoms with Gasteiger partial charge in [-0.05, 0) is 37.1 Å². The highest BCUT2D eigenvalue weighted by molar-refractivity contribution is 5.93. The molecule has 144 valence electrons. The van der Waals surface area contributed by atoms with Crippen LogP contribution in [0.4, 0.5) is 20.3 Å². The van der Waals surface area contributed by atoms with Crippen molar-refractivity contribution in [3.05, 3.63) is 60.7 Å². The number of benzene rings is 1. The number of hydrogen-bond acceptors (Lipinski definition) is 5. The Morgan fingerprint density at radius 2 is 1.96 bits per heavy atom. The van der Waals surface area contributed by atoms with Crippen LogP contribution in [-0.4, -0.2) is 38.7 Å². The van der Waals surface area contributed by atoms with Crippen molar-refractivity contribution in [2.24, 2.45) is 5.92 Å². The number of hydrogen-bond donors (Lipinski definition) is 1. The number of halogens is 2. The Morgan fingerprint density at radius 1 is 1.14 bits per heavy atom. The molecule has 2 aromatic heterocycles. The summed E-state index contributed by atoms with van der Waals surface area (Å²) in [6.07, 6.45) is 6.56. The lowest BCUT2D eigenvalue weighted by molar-refractivity contribution is -0.120. The number of amides is 1. The van der Waals surface area contributed by atoms with E-state index in [4.69, 9.17) is 0 Å². The molecule has 9 heteroatoms. The second-order valence-electron chi connectivity index (χ2n) is 6.62. The van der Waals surface area contributed by atoms with Gasteiger partial charge >= 0.3 is 0 Å². The van der Waals surface area contributed by atoms with Crippen LogP contribution in [-0.2, 0) is 4.79 Å². The Kier molecular flexibility index (Phi) is 4.96. The van der Waals surface area contributed by atoms with Crippen molar-refractivity contribution in [1.82, 2.24) is 19.7 Å². The molecule has 0 bridgehead atoms. The molecular formula is C19H18F2N6O. The normalized spacial score (nSPS) is 16.8. The van der Waals surface area contributed by atoms with E-state index in [2.05, 4.69) is 20.5 Å². The molecule has 1 aromatic carbocycles. The van der Waals surface area contributed by atoms with E-state index < -0.39 is 11.6 Å². The van der Waals surface area contributed by atoms with Crippen molar-refractivity contribution in [2.75, 3.05) is 23.3 Å². The van der Waals surface area contributed by atoms with Gasteiger partial charge in [0, 0.05) is 31.5 Å². The van der Waals surface area contributed by atoms with Gasteiger partial charge in [-0.2, -0.15) is 0 Å². The van der Waals surface area contributed by atoms with Gasteiger partial charge in [-0.25, -0.2) is 13.8 Å². The van der Waals surface area contributed by atoms with Crippen LogP contribution in [0.5, 0.6) is 0 Å². The summed E-state index contributed by atoms with van der Waals surface area (Å²) in [5.74, 6) is -0.765. The highest BCUT2D eigenvalue weighted by Crippen LogP contribution is 2.24. The maximum Gasteiger partial charge on any atom is 0.229 e. The Labute approximate surface area is 160 Å². The first-order valence-corrected chi connectivity index (χ1v) is 8.93. The molecule has 1 aliphatic heterocycles. The number of anilines is 2. The monoisotopic (exact) mass is 384 g/mol. The molecule has 1 saturated heterocycles. The molecule has 3 aromatic rings. The minimum absolute atomic E-state index is 0.0204. The number of imidazole rings is 1. The average Bonchev–Trinajstić information content (AvgIpc) is 3.25. The molecule has 7 nitrogen and oxygen atoms in total. The van der Waals surface area contributed by atoms with E-state index in [1.54, 1.807) is 23.3 Å². The number of nitrogens with zero attached hydrogens (tertiary/aromatic N) is 5. The Bertz CT molecular complexity index is 961. The number of piperidine rings is 1. The first-order valence-electron chi connectivity index (χ1n) is 8.93. The minimum atomic E-state index is -0.790. The molecule has 1 N–H and O–H groups in total. The summed E-state index contributed by atoms with van der Waals surface area (Å²) < 4.78 is 28.6. The fourth-order valence-corrected chi connectivity index (χ4v) is 3.24. The van der Waals surface area contributed by atoms with Crippen molar-refractivity contribution in [3.63, 3.8) is 0 Å². The van der Waals surface area contributed by atoms with Gasteiger partial charge in [0.1, 0.15) is 18.0 Å². The van der Waals surface area contributed by atoms with Gasteiger partial charge in [-0.3, -0.25) is 9.36 Å². The number of nitrogens with one attached hydrogen (secondary N) is 1. The van der Waals surface area contributed by atoms with Crippen LogP contribution in [0.3, 0.4) is 0 Å². The Balaban J connectivity index is 1.43. The second kappa shape index (κ2) is 7.71. The minimum Gasteiger partial charge on any atom is -0.354 e. The fraction of sp³-hybridized carbons (Fsp3) is 0.263. The van der Waals surface area contributed by atoms with Crippen molar-refractivity contribution in [2.45, 2.75) is 12.8 Å². The Hall–Kier alpha value is -3.36. The van der Waals surface area contributed by atoms with Gasteiger partial charge in [0.25, 0.3) is 0 Å². The summed E-state index contributed by atoms with van der Waals surface area (Å²) in [5, 5.41) is 11.0. The van der Waals surface area contributed by atoms with Gasteiger partial charge in [0.2, 0.25) is 5.91 Å². The predicted octanol–water partition coefficient (Wildman–Crippen LogP) is 2.80. The SMILES string of the molecule is O=C(Nc1ccc(F)cc1F)[C@H]1CCCN(c2ccc(-n3ccnc3)nn2)C1. The van der Waals surface area contributed by atoms with Crippen LogP contribution in [0.25, 0.3) is 5.82 Å². The third-order valence-electron chi connectivity index (χ3n) is 4.71.